The molecule has 0 saturated carbocycles. The normalized spacial score (nSPS) is 17.6. The Morgan fingerprint density at radius 3 is 2.81 bits per heavy atom. The first-order chi connectivity index (χ1) is 9.93. The lowest BCUT2D eigenvalue weighted by Gasteiger charge is -2.15. The average Bonchev–Trinajstić information content (AvgIpc) is 2.81. The van der Waals surface area contributed by atoms with Crippen LogP contribution >= 0.6 is 15.9 Å². The van der Waals surface area contributed by atoms with Gasteiger partial charge in [-0.05, 0) is 32.0 Å². The molecule has 0 spiro atoms. The monoisotopic (exact) mass is 350 g/mol. The van der Waals surface area contributed by atoms with Crippen LogP contribution in [0.15, 0.2) is 22.7 Å². The molecule has 1 aliphatic rings. The van der Waals surface area contributed by atoms with Crippen molar-refractivity contribution < 1.29 is 14.3 Å². The van der Waals surface area contributed by atoms with Crippen molar-refractivity contribution >= 4 is 27.6 Å². The maximum atomic E-state index is 12.5. The van der Waals surface area contributed by atoms with Crippen LogP contribution in [-0.4, -0.2) is 24.3 Å². The van der Waals surface area contributed by atoms with Crippen molar-refractivity contribution in [1.82, 2.24) is 5.32 Å². The summed E-state index contributed by atoms with van der Waals surface area (Å²) in [5.41, 5.74) is 0.715. The van der Waals surface area contributed by atoms with Crippen molar-refractivity contribution in [3.8, 4) is 11.8 Å². The number of amides is 1. The number of nitriles is 1. The van der Waals surface area contributed by atoms with Gasteiger partial charge in [-0.3, -0.25) is 9.59 Å². The van der Waals surface area contributed by atoms with Crippen molar-refractivity contribution in [2.75, 3.05) is 6.61 Å². The van der Waals surface area contributed by atoms with E-state index in [1.807, 2.05) is 6.07 Å². The SMILES string of the molecule is CC(C)NC(=O)[C@@H](C#N)C(=O)[C@H]1COc2ccc(Br)cc21. The molecule has 6 heteroatoms. The molecular formula is C15H15BrN2O3. The van der Waals surface area contributed by atoms with Gasteiger partial charge in [0.2, 0.25) is 5.91 Å². The van der Waals surface area contributed by atoms with Gasteiger partial charge in [0.1, 0.15) is 12.4 Å². The van der Waals surface area contributed by atoms with E-state index < -0.39 is 23.5 Å². The van der Waals surface area contributed by atoms with E-state index in [-0.39, 0.29) is 12.6 Å². The molecule has 1 aliphatic heterocycles. The average molecular weight is 351 g/mol. The molecule has 2 rings (SSSR count). The highest BCUT2D eigenvalue weighted by atomic mass is 79.9. The molecule has 2 atom stereocenters. The fourth-order valence-electron chi connectivity index (χ4n) is 2.24. The molecule has 0 saturated heterocycles. The third kappa shape index (κ3) is 3.24. The zero-order valence-corrected chi connectivity index (χ0v) is 13.3. The van der Waals surface area contributed by atoms with E-state index in [0.717, 1.165) is 4.47 Å². The fraction of sp³-hybridized carbons (Fsp3) is 0.400. The third-order valence-electron chi connectivity index (χ3n) is 3.20. The van der Waals surface area contributed by atoms with Crippen LogP contribution in [0.25, 0.3) is 0 Å². The Kier molecular flexibility index (Phi) is 4.63. The van der Waals surface area contributed by atoms with Gasteiger partial charge < -0.3 is 10.1 Å². The minimum atomic E-state index is -1.31. The maximum Gasteiger partial charge on any atom is 0.245 e. The second-order valence-electron chi connectivity index (χ2n) is 5.17. The zero-order valence-electron chi connectivity index (χ0n) is 11.7. The predicted octanol–water partition coefficient (Wildman–Crippen LogP) is 2.16. The van der Waals surface area contributed by atoms with Gasteiger partial charge in [0.05, 0.1) is 12.0 Å². The second-order valence-corrected chi connectivity index (χ2v) is 6.09. The van der Waals surface area contributed by atoms with Crippen LogP contribution in [0.2, 0.25) is 0 Å². The minimum absolute atomic E-state index is 0.123. The van der Waals surface area contributed by atoms with Crippen LogP contribution in [0, 0.1) is 17.2 Å². The van der Waals surface area contributed by atoms with Gasteiger partial charge >= 0.3 is 0 Å². The highest BCUT2D eigenvalue weighted by Gasteiger charge is 2.38. The minimum Gasteiger partial charge on any atom is -0.492 e. The lowest BCUT2D eigenvalue weighted by Crippen LogP contribution is -2.40. The molecule has 110 valence electrons. The van der Waals surface area contributed by atoms with Crippen molar-refractivity contribution in [2.45, 2.75) is 25.8 Å². The number of fused-ring (bicyclic) bond motifs is 1. The van der Waals surface area contributed by atoms with Gasteiger partial charge in [0.15, 0.2) is 11.7 Å². The quantitative estimate of drug-likeness (QED) is 0.843. The first-order valence-corrected chi connectivity index (χ1v) is 7.39. The van der Waals surface area contributed by atoms with Gasteiger partial charge in [-0.15, -0.1) is 0 Å². The topological polar surface area (TPSA) is 79.2 Å². The summed E-state index contributed by atoms with van der Waals surface area (Å²) >= 11 is 3.35. The molecular weight excluding hydrogens is 336 g/mol. The van der Waals surface area contributed by atoms with Crippen molar-refractivity contribution in [2.24, 2.45) is 5.92 Å². The lowest BCUT2D eigenvalue weighted by molar-refractivity contribution is -0.132. The number of Topliss-reactive ketones (excluding diaryl/α,β-unsaturated/α-hetero) is 1. The Labute approximate surface area is 131 Å². The molecule has 0 aliphatic carbocycles. The molecule has 0 unspecified atom stereocenters. The van der Waals surface area contributed by atoms with E-state index in [1.165, 1.54) is 0 Å². The number of hydrogen-bond donors (Lipinski definition) is 1. The molecule has 1 aromatic carbocycles. The highest BCUT2D eigenvalue weighted by Crippen LogP contribution is 2.37. The summed E-state index contributed by atoms with van der Waals surface area (Å²) in [5.74, 6) is -2.25. The number of rotatable bonds is 4. The molecule has 0 aromatic heterocycles. The van der Waals surface area contributed by atoms with Crippen LogP contribution in [0.5, 0.6) is 5.75 Å². The van der Waals surface area contributed by atoms with Gasteiger partial charge in [0, 0.05) is 16.1 Å². The number of halogens is 1. The molecule has 0 fully saturated rings. The molecule has 5 nitrogen and oxygen atoms in total. The number of ether oxygens (including phenoxy) is 1. The van der Waals surface area contributed by atoms with Crippen molar-refractivity contribution in [3.05, 3.63) is 28.2 Å². The lowest BCUT2D eigenvalue weighted by atomic mass is 9.89. The number of hydrogen-bond acceptors (Lipinski definition) is 4. The van der Waals surface area contributed by atoms with Crippen molar-refractivity contribution in [1.29, 1.82) is 5.26 Å². The number of nitrogens with one attached hydrogen (secondary N) is 1. The predicted molar refractivity (Wildman–Crippen MR) is 79.8 cm³/mol. The van der Waals surface area contributed by atoms with Gasteiger partial charge in [-0.2, -0.15) is 5.26 Å². The summed E-state index contributed by atoms with van der Waals surface area (Å²) in [6.07, 6.45) is 0. The van der Waals surface area contributed by atoms with Crippen LogP contribution in [0.4, 0.5) is 0 Å². The largest absolute Gasteiger partial charge is 0.492 e. The first kappa shape index (κ1) is 15.5. The van der Waals surface area contributed by atoms with E-state index in [2.05, 4.69) is 21.2 Å². The van der Waals surface area contributed by atoms with Crippen LogP contribution in [0.1, 0.15) is 25.3 Å². The van der Waals surface area contributed by atoms with E-state index in [9.17, 15) is 9.59 Å². The smallest absolute Gasteiger partial charge is 0.245 e. The summed E-state index contributed by atoms with van der Waals surface area (Å²) in [7, 11) is 0. The second kappa shape index (κ2) is 6.27. The number of nitrogens with zero attached hydrogens (tertiary/aromatic N) is 1. The van der Waals surface area contributed by atoms with Crippen LogP contribution in [-0.2, 0) is 9.59 Å². The molecule has 1 aromatic rings. The summed E-state index contributed by atoms with van der Waals surface area (Å²) in [5, 5.41) is 11.8. The van der Waals surface area contributed by atoms with E-state index in [0.29, 0.717) is 11.3 Å². The van der Waals surface area contributed by atoms with E-state index in [4.69, 9.17) is 10.00 Å². The number of carbonyl (C=O) groups excluding carboxylic acids is 2. The summed E-state index contributed by atoms with van der Waals surface area (Å²) in [6, 6.07) is 7.05. The molecule has 1 amide bonds. The van der Waals surface area contributed by atoms with Gasteiger partial charge in [-0.25, -0.2) is 0 Å². The Balaban J connectivity index is 2.23. The standard InChI is InChI=1S/C15H15BrN2O3/c1-8(2)18-15(20)11(6-17)14(19)12-7-21-13-4-3-9(16)5-10(12)13/h3-5,8,11-12H,7H2,1-2H3,(H,18,20)/t11-,12-/m0/s1. The molecule has 21 heavy (non-hydrogen) atoms. The molecule has 1 heterocycles. The zero-order chi connectivity index (χ0) is 15.6. The van der Waals surface area contributed by atoms with Gasteiger partial charge in [-0.1, -0.05) is 15.9 Å². The van der Waals surface area contributed by atoms with Crippen LogP contribution in [0.3, 0.4) is 0 Å². The molecule has 1 N–H and O–H groups in total. The number of carbonyl (C=O) groups is 2. The Hall–Kier alpha value is -1.87. The highest BCUT2D eigenvalue weighted by molar-refractivity contribution is 9.10. The maximum absolute atomic E-state index is 12.5. The Bertz CT molecular complexity index is 622. The number of benzene rings is 1. The summed E-state index contributed by atoms with van der Waals surface area (Å²) in [6.45, 7) is 3.72. The first-order valence-electron chi connectivity index (χ1n) is 6.60. The van der Waals surface area contributed by atoms with E-state index in [1.54, 1.807) is 32.0 Å². The Morgan fingerprint density at radius 2 is 2.19 bits per heavy atom. The summed E-state index contributed by atoms with van der Waals surface area (Å²) in [4.78, 5) is 24.5. The molecule has 0 bridgehead atoms. The fourth-order valence-corrected chi connectivity index (χ4v) is 2.62. The van der Waals surface area contributed by atoms with Gasteiger partial charge in [0.25, 0.3) is 0 Å². The van der Waals surface area contributed by atoms with Crippen LogP contribution < -0.4 is 10.1 Å². The van der Waals surface area contributed by atoms with E-state index >= 15 is 0 Å². The summed E-state index contributed by atoms with van der Waals surface area (Å²) < 4.78 is 6.28. The number of ketones is 1. The Morgan fingerprint density at radius 1 is 1.48 bits per heavy atom. The third-order valence-corrected chi connectivity index (χ3v) is 3.70. The van der Waals surface area contributed by atoms with Crippen molar-refractivity contribution in [3.63, 3.8) is 0 Å². The molecule has 0 radical (unpaired) electrons.